The highest BCUT2D eigenvalue weighted by molar-refractivity contribution is 8.03. The van der Waals surface area contributed by atoms with E-state index in [1.54, 1.807) is 11.8 Å². The van der Waals surface area contributed by atoms with Gasteiger partial charge in [0.1, 0.15) is 6.54 Å². The Morgan fingerprint density at radius 3 is 2.66 bits per heavy atom. The van der Waals surface area contributed by atoms with Crippen LogP contribution in [0.3, 0.4) is 0 Å². The molecule has 32 heavy (non-hydrogen) atoms. The highest BCUT2D eigenvalue weighted by atomic mass is 35.5. The first kappa shape index (κ1) is 23.0. The van der Waals surface area contributed by atoms with Crippen molar-refractivity contribution in [3.63, 3.8) is 0 Å². The summed E-state index contributed by atoms with van der Waals surface area (Å²) in [5.74, 6) is 0.0183. The van der Waals surface area contributed by atoms with Crippen LogP contribution in [0.4, 0.5) is 5.69 Å². The van der Waals surface area contributed by atoms with Gasteiger partial charge in [0.15, 0.2) is 0 Å². The van der Waals surface area contributed by atoms with E-state index in [1.165, 1.54) is 25.7 Å². The number of benzene rings is 2. The van der Waals surface area contributed by atoms with Crippen molar-refractivity contribution in [1.29, 1.82) is 0 Å². The summed E-state index contributed by atoms with van der Waals surface area (Å²) in [5.41, 5.74) is 2.87. The van der Waals surface area contributed by atoms with Crippen molar-refractivity contribution in [1.82, 2.24) is 10.2 Å². The zero-order valence-electron chi connectivity index (χ0n) is 18.4. The fourth-order valence-electron chi connectivity index (χ4n) is 4.18. The van der Waals surface area contributed by atoms with Crippen LogP contribution in [0, 0.1) is 0 Å². The summed E-state index contributed by atoms with van der Waals surface area (Å²) in [6, 6.07) is 15.9. The Bertz CT molecular complexity index is 998. The number of hydrogen-bond donors (Lipinski definition) is 1. The number of likely N-dealkylation sites (tertiary alicyclic amines) is 1. The van der Waals surface area contributed by atoms with Gasteiger partial charge in [-0.3, -0.25) is 4.79 Å². The van der Waals surface area contributed by atoms with Gasteiger partial charge in [0.2, 0.25) is 5.91 Å². The minimum atomic E-state index is 0.0183. The Labute approximate surface area is 200 Å². The van der Waals surface area contributed by atoms with Gasteiger partial charge in [0, 0.05) is 33.6 Å². The van der Waals surface area contributed by atoms with E-state index in [2.05, 4.69) is 28.9 Å². The van der Waals surface area contributed by atoms with E-state index in [0.717, 1.165) is 46.4 Å². The molecular weight excluding hydrogens is 438 g/mol. The molecule has 0 radical (unpaired) electrons. The molecule has 4 nitrogen and oxygen atoms in total. The molecule has 2 heterocycles. The molecule has 0 atom stereocenters. The number of amides is 1. The maximum atomic E-state index is 12.8. The van der Waals surface area contributed by atoms with Gasteiger partial charge in [-0.2, -0.15) is 0 Å². The first-order valence-electron chi connectivity index (χ1n) is 11.3. The second-order valence-electron chi connectivity index (χ2n) is 8.27. The van der Waals surface area contributed by atoms with E-state index in [1.807, 2.05) is 47.4 Å². The summed E-state index contributed by atoms with van der Waals surface area (Å²) in [6.07, 6.45) is 7.25. The molecule has 0 saturated carbocycles. The van der Waals surface area contributed by atoms with E-state index in [-0.39, 0.29) is 12.5 Å². The number of nitrogens with zero attached hydrogens (tertiary/aromatic N) is 2. The molecule has 1 saturated heterocycles. The zero-order chi connectivity index (χ0) is 22.3. The van der Waals surface area contributed by atoms with Gasteiger partial charge in [-0.1, -0.05) is 67.0 Å². The van der Waals surface area contributed by atoms with Crippen LogP contribution in [-0.2, 0) is 4.79 Å². The monoisotopic (exact) mass is 467 g/mol. The molecule has 2 aliphatic heterocycles. The van der Waals surface area contributed by atoms with Gasteiger partial charge in [-0.15, -0.1) is 0 Å². The standard InChI is InChI=1S/C26H30ClN3OS/c1-20-25(18-21-9-8-10-22(27)17-21)32-24-12-5-4-11-23(24)30(20)19-26(31)28-13-16-29-14-6-2-3-7-15-29/h4-5,8-12,17-18H,1-3,6-7,13-16,19H2,(H,28,31)/b25-18-. The molecule has 1 fully saturated rings. The maximum Gasteiger partial charge on any atom is 0.240 e. The zero-order valence-corrected chi connectivity index (χ0v) is 19.9. The molecule has 2 aliphatic rings. The van der Waals surface area contributed by atoms with Crippen molar-refractivity contribution in [2.45, 2.75) is 30.6 Å². The Kier molecular flexibility index (Phi) is 7.95. The van der Waals surface area contributed by atoms with Gasteiger partial charge in [-0.05, 0) is 61.8 Å². The predicted octanol–water partition coefficient (Wildman–Crippen LogP) is 5.80. The molecule has 6 heteroatoms. The molecule has 1 N–H and O–H groups in total. The third-order valence-corrected chi connectivity index (χ3v) is 7.26. The quantitative estimate of drug-likeness (QED) is 0.582. The van der Waals surface area contributed by atoms with Crippen molar-refractivity contribution in [3.8, 4) is 0 Å². The molecule has 2 aromatic carbocycles. The number of thioether (sulfide) groups is 1. The van der Waals surface area contributed by atoms with E-state index in [9.17, 15) is 4.79 Å². The molecular formula is C26H30ClN3OS. The smallest absolute Gasteiger partial charge is 0.240 e. The number of fused-ring (bicyclic) bond motifs is 1. The predicted molar refractivity (Wildman–Crippen MR) is 136 cm³/mol. The van der Waals surface area contributed by atoms with Crippen molar-refractivity contribution in [2.75, 3.05) is 37.6 Å². The number of halogens is 1. The summed E-state index contributed by atoms with van der Waals surface area (Å²) in [5, 5.41) is 3.81. The van der Waals surface area contributed by atoms with E-state index in [0.29, 0.717) is 11.6 Å². The summed E-state index contributed by atoms with van der Waals surface area (Å²) < 4.78 is 0. The Balaban J connectivity index is 1.44. The Morgan fingerprint density at radius 1 is 1.09 bits per heavy atom. The SMILES string of the molecule is C=C1/C(=C/c2cccc(Cl)c2)Sc2ccccc2N1CC(=O)NCCN1CCCCCC1. The van der Waals surface area contributed by atoms with Crippen LogP contribution in [-0.4, -0.2) is 43.5 Å². The normalized spacial score (nSPS) is 18.3. The highest BCUT2D eigenvalue weighted by Gasteiger charge is 2.26. The number of hydrogen-bond acceptors (Lipinski definition) is 4. The van der Waals surface area contributed by atoms with Crippen molar-refractivity contribution in [2.24, 2.45) is 0 Å². The Hall–Kier alpha value is -2.21. The lowest BCUT2D eigenvalue weighted by molar-refractivity contribution is -0.119. The number of anilines is 1. The van der Waals surface area contributed by atoms with Crippen LogP contribution in [0.25, 0.3) is 6.08 Å². The summed E-state index contributed by atoms with van der Waals surface area (Å²) in [4.78, 5) is 19.4. The van der Waals surface area contributed by atoms with Crippen LogP contribution in [0.2, 0.25) is 5.02 Å². The number of nitrogens with one attached hydrogen (secondary N) is 1. The fraction of sp³-hybridized carbons (Fsp3) is 0.346. The molecule has 0 spiro atoms. The number of rotatable bonds is 6. The maximum absolute atomic E-state index is 12.8. The van der Waals surface area contributed by atoms with Gasteiger partial charge in [-0.25, -0.2) is 0 Å². The molecule has 1 amide bonds. The lowest BCUT2D eigenvalue weighted by atomic mass is 10.2. The molecule has 168 valence electrons. The van der Waals surface area contributed by atoms with Crippen molar-refractivity contribution in [3.05, 3.63) is 76.3 Å². The first-order valence-corrected chi connectivity index (χ1v) is 12.5. The summed E-state index contributed by atoms with van der Waals surface area (Å²) in [7, 11) is 0. The minimum Gasteiger partial charge on any atom is -0.353 e. The van der Waals surface area contributed by atoms with Crippen molar-refractivity contribution < 1.29 is 4.79 Å². The van der Waals surface area contributed by atoms with Crippen LogP contribution in [0.1, 0.15) is 31.2 Å². The summed E-state index contributed by atoms with van der Waals surface area (Å²) >= 11 is 7.84. The van der Waals surface area contributed by atoms with Crippen LogP contribution in [0.15, 0.2) is 70.6 Å². The third-order valence-electron chi connectivity index (χ3n) is 5.88. The molecule has 0 unspecified atom stereocenters. The van der Waals surface area contributed by atoms with Gasteiger partial charge >= 0.3 is 0 Å². The minimum absolute atomic E-state index is 0.0183. The first-order chi connectivity index (χ1) is 15.6. The molecule has 2 aromatic rings. The second kappa shape index (κ2) is 11.1. The lowest BCUT2D eigenvalue weighted by Gasteiger charge is -2.33. The van der Waals surface area contributed by atoms with Gasteiger partial charge in [0.05, 0.1) is 5.69 Å². The van der Waals surface area contributed by atoms with Crippen LogP contribution in [0.5, 0.6) is 0 Å². The van der Waals surface area contributed by atoms with E-state index < -0.39 is 0 Å². The highest BCUT2D eigenvalue weighted by Crippen LogP contribution is 2.45. The average molecular weight is 468 g/mol. The fourth-order valence-corrected chi connectivity index (χ4v) is 5.46. The molecule has 0 aromatic heterocycles. The van der Waals surface area contributed by atoms with Crippen LogP contribution >= 0.6 is 23.4 Å². The third kappa shape index (κ3) is 5.97. The average Bonchev–Trinajstić information content (AvgIpc) is 3.05. The summed E-state index contributed by atoms with van der Waals surface area (Å²) in [6.45, 7) is 8.46. The Morgan fingerprint density at radius 2 is 1.88 bits per heavy atom. The molecule has 0 aliphatic carbocycles. The van der Waals surface area contributed by atoms with Gasteiger partial charge in [0.25, 0.3) is 0 Å². The lowest BCUT2D eigenvalue weighted by Crippen LogP contribution is -2.41. The topological polar surface area (TPSA) is 35.6 Å². The van der Waals surface area contributed by atoms with E-state index >= 15 is 0 Å². The van der Waals surface area contributed by atoms with Crippen LogP contribution < -0.4 is 10.2 Å². The number of para-hydroxylation sites is 1. The van der Waals surface area contributed by atoms with E-state index in [4.69, 9.17) is 11.6 Å². The molecule has 0 bridgehead atoms. The largest absolute Gasteiger partial charge is 0.353 e. The van der Waals surface area contributed by atoms with Gasteiger partial charge < -0.3 is 15.1 Å². The number of carbonyl (C=O) groups is 1. The number of carbonyl (C=O) groups excluding carboxylic acids is 1. The molecule has 4 rings (SSSR count). The van der Waals surface area contributed by atoms with Crippen molar-refractivity contribution >= 4 is 41.0 Å². The second-order valence-corrected chi connectivity index (χ2v) is 9.79.